The van der Waals surface area contributed by atoms with Crippen molar-refractivity contribution in [3.63, 3.8) is 0 Å². The molecule has 18 heavy (non-hydrogen) atoms. The lowest BCUT2D eigenvalue weighted by molar-refractivity contribution is 0.155. The first-order chi connectivity index (χ1) is 8.86. The third kappa shape index (κ3) is 2.57. The molecule has 1 nitrogen and oxygen atoms in total. The van der Waals surface area contributed by atoms with Crippen molar-refractivity contribution in [2.75, 3.05) is 12.4 Å². The second-order valence-corrected chi connectivity index (χ2v) is 6.04. The standard InChI is InChI=1S/C16H22ClN/c17-11-16-6-1-2-9-18(16)12-13-7-8-14-4-3-5-15(14)10-13/h7-8,10,16H,1-6,9,11-12H2. The summed E-state index contributed by atoms with van der Waals surface area (Å²) in [5.74, 6) is 0.783. The number of rotatable bonds is 3. The van der Waals surface area contributed by atoms with E-state index in [9.17, 15) is 0 Å². The molecule has 1 unspecified atom stereocenters. The Kier molecular flexibility index (Phi) is 3.91. The lowest BCUT2D eigenvalue weighted by atomic mass is 10.0. The number of fused-ring (bicyclic) bond motifs is 1. The Labute approximate surface area is 115 Å². The number of hydrogen-bond donors (Lipinski definition) is 0. The molecule has 1 saturated heterocycles. The maximum Gasteiger partial charge on any atom is 0.0379 e. The summed E-state index contributed by atoms with van der Waals surface area (Å²) in [5, 5.41) is 0. The van der Waals surface area contributed by atoms with E-state index < -0.39 is 0 Å². The third-order valence-electron chi connectivity index (χ3n) is 4.48. The van der Waals surface area contributed by atoms with E-state index in [1.54, 1.807) is 11.1 Å². The molecule has 0 N–H and O–H groups in total. The van der Waals surface area contributed by atoms with Gasteiger partial charge in [0.15, 0.2) is 0 Å². The average Bonchev–Trinajstić information content (AvgIpc) is 2.87. The van der Waals surface area contributed by atoms with E-state index in [1.165, 1.54) is 50.6 Å². The van der Waals surface area contributed by atoms with Gasteiger partial charge in [0.25, 0.3) is 0 Å². The van der Waals surface area contributed by atoms with Gasteiger partial charge in [-0.15, -0.1) is 11.6 Å². The Morgan fingerprint density at radius 1 is 1.11 bits per heavy atom. The summed E-state index contributed by atoms with van der Waals surface area (Å²) in [6, 6.07) is 7.69. The fourth-order valence-electron chi connectivity index (χ4n) is 3.40. The highest BCUT2D eigenvalue weighted by Gasteiger charge is 2.21. The Bertz CT molecular complexity index is 416. The molecule has 3 rings (SSSR count). The molecular formula is C16H22ClN. The molecule has 1 fully saturated rings. The predicted molar refractivity (Wildman–Crippen MR) is 77.2 cm³/mol. The molecule has 0 bridgehead atoms. The molecule has 1 aromatic carbocycles. The van der Waals surface area contributed by atoms with Crippen molar-refractivity contribution in [1.29, 1.82) is 0 Å². The highest BCUT2D eigenvalue weighted by Crippen LogP contribution is 2.25. The summed E-state index contributed by atoms with van der Waals surface area (Å²) in [5.41, 5.74) is 4.64. The molecule has 1 atom stereocenters. The minimum Gasteiger partial charge on any atom is -0.295 e. The topological polar surface area (TPSA) is 3.24 Å². The van der Waals surface area contributed by atoms with Crippen molar-refractivity contribution in [2.24, 2.45) is 0 Å². The zero-order chi connectivity index (χ0) is 12.4. The Hall–Kier alpha value is -0.530. The van der Waals surface area contributed by atoms with Gasteiger partial charge in [0.1, 0.15) is 0 Å². The molecule has 0 spiro atoms. The Balaban J connectivity index is 1.71. The van der Waals surface area contributed by atoms with E-state index in [2.05, 4.69) is 23.1 Å². The van der Waals surface area contributed by atoms with Crippen molar-refractivity contribution >= 4 is 11.6 Å². The minimum absolute atomic E-state index is 0.591. The Morgan fingerprint density at radius 2 is 2.00 bits per heavy atom. The highest BCUT2D eigenvalue weighted by atomic mass is 35.5. The summed E-state index contributed by atoms with van der Waals surface area (Å²) in [6.07, 6.45) is 7.85. The second-order valence-electron chi connectivity index (χ2n) is 5.73. The van der Waals surface area contributed by atoms with Crippen LogP contribution in [0.5, 0.6) is 0 Å². The van der Waals surface area contributed by atoms with Crippen LogP contribution in [0.15, 0.2) is 18.2 Å². The number of likely N-dealkylation sites (tertiary alicyclic amines) is 1. The maximum atomic E-state index is 6.09. The monoisotopic (exact) mass is 263 g/mol. The first-order valence-corrected chi connectivity index (χ1v) is 7.81. The molecular weight excluding hydrogens is 242 g/mol. The van der Waals surface area contributed by atoms with Crippen LogP contribution in [0.4, 0.5) is 0 Å². The number of aryl methyl sites for hydroxylation is 2. The summed E-state index contributed by atoms with van der Waals surface area (Å²) >= 11 is 6.09. The number of benzene rings is 1. The molecule has 1 aromatic rings. The zero-order valence-electron chi connectivity index (χ0n) is 11.0. The normalized spacial score (nSPS) is 24.2. The van der Waals surface area contributed by atoms with Gasteiger partial charge >= 0.3 is 0 Å². The molecule has 2 heteroatoms. The van der Waals surface area contributed by atoms with Crippen molar-refractivity contribution < 1.29 is 0 Å². The van der Waals surface area contributed by atoms with E-state index in [0.29, 0.717) is 6.04 Å². The van der Waals surface area contributed by atoms with Crippen LogP contribution < -0.4 is 0 Å². The molecule has 1 aliphatic heterocycles. The SMILES string of the molecule is ClCC1CCCCN1Cc1ccc2c(c1)CCC2. The van der Waals surface area contributed by atoms with Gasteiger partial charge in [-0.3, -0.25) is 4.90 Å². The van der Waals surface area contributed by atoms with Crippen LogP contribution in [-0.4, -0.2) is 23.4 Å². The fraction of sp³-hybridized carbons (Fsp3) is 0.625. The van der Waals surface area contributed by atoms with Gasteiger partial charge in [0.05, 0.1) is 0 Å². The largest absolute Gasteiger partial charge is 0.295 e. The fourth-order valence-corrected chi connectivity index (χ4v) is 3.75. The van der Waals surface area contributed by atoms with Crippen molar-refractivity contribution in [1.82, 2.24) is 4.90 Å². The van der Waals surface area contributed by atoms with E-state index in [1.807, 2.05) is 0 Å². The highest BCUT2D eigenvalue weighted by molar-refractivity contribution is 6.18. The summed E-state index contributed by atoms with van der Waals surface area (Å²) < 4.78 is 0. The maximum absolute atomic E-state index is 6.09. The number of hydrogen-bond acceptors (Lipinski definition) is 1. The molecule has 0 amide bonds. The molecule has 1 heterocycles. The van der Waals surface area contributed by atoms with Crippen LogP contribution in [-0.2, 0) is 19.4 Å². The van der Waals surface area contributed by atoms with E-state index in [-0.39, 0.29) is 0 Å². The van der Waals surface area contributed by atoms with Gasteiger partial charge in [-0.25, -0.2) is 0 Å². The second kappa shape index (κ2) is 5.63. The first-order valence-electron chi connectivity index (χ1n) is 7.27. The van der Waals surface area contributed by atoms with Gasteiger partial charge in [0, 0.05) is 18.5 Å². The van der Waals surface area contributed by atoms with Crippen molar-refractivity contribution in [2.45, 2.75) is 51.1 Å². The lowest BCUT2D eigenvalue weighted by Crippen LogP contribution is -2.40. The van der Waals surface area contributed by atoms with Crippen LogP contribution in [0.25, 0.3) is 0 Å². The summed E-state index contributed by atoms with van der Waals surface area (Å²) in [6.45, 7) is 2.30. The smallest absolute Gasteiger partial charge is 0.0379 e. The van der Waals surface area contributed by atoms with Gasteiger partial charge in [-0.05, 0) is 55.3 Å². The third-order valence-corrected chi connectivity index (χ3v) is 4.83. The summed E-state index contributed by atoms with van der Waals surface area (Å²) in [4.78, 5) is 2.58. The summed E-state index contributed by atoms with van der Waals surface area (Å²) in [7, 11) is 0. The Morgan fingerprint density at radius 3 is 2.89 bits per heavy atom. The van der Waals surface area contributed by atoms with Crippen LogP contribution in [0.3, 0.4) is 0 Å². The van der Waals surface area contributed by atoms with Crippen molar-refractivity contribution in [3.8, 4) is 0 Å². The van der Waals surface area contributed by atoms with E-state index in [0.717, 1.165) is 12.4 Å². The number of halogens is 1. The minimum atomic E-state index is 0.591. The lowest BCUT2D eigenvalue weighted by Gasteiger charge is -2.34. The van der Waals surface area contributed by atoms with Crippen LogP contribution in [0.1, 0.15) is 42.4 Å². The molecule has 98 valence electrons. The first kappa shape index (κ1) is 12.5. The number of nitrogens with zero attached hydrogens (tertiary/aromatic N) is 1. The molecule has 2 aliphatic rings. The molecule has 1 aliphatic carbocycles. The predicted octanol–water partition coefficient (Wildman–Crippen LogP) is 3.77. The van der Waals surface area contributed by atoms with E-state index >= 15 is 0 Å². The number of alkyl halides is 1. The number of piperidine rings is 1. The van der Waals surface area contributed by atoms with Crippen LogP contribution in [0, 0.1) is 0 Å². The van der Waals surface area contributed by atoms with Gasteiger partial charge < -0.3 is 0 Å². The molecule has 0 aromatic heterocycles. The quantitative estimate of drug-likeness (QED) is 0.751. The average molecular weight is 264 g/mol. The van der Waals surface area contributed by atoms with Crippen LogP contribution >= 0.6 is 11.6 Å². The van der Waals surface area contributed by atoms with Crippen molar-refractivity contribution in [3.05, 3.63) is 34.9 Å². The molecule has 0 saturated carbocycles. The van der Waals surface area contributed by atoms with Crippen LogP contribution in [0.2, 0.25) is 0 Å². The van der Waals surface area contributed by atoms with Gasteiger partial charge in [0.2, 0.25) is 0 Å². The van der Waals surface area contributed by atoms with Gasteiger partial charge in [-0.1, -0.05) is 24.6 Å². The van der Waals surface area contributed by atoms with E-state index in [4.69, 9.17) is 11.6 Å². The molecule has 0 radical (unpaired) electrons. The van der Waals surface area contributed by atoms with Gasteiger partial charge in [-0.2, -0.15) is 0 Å². The zero-order valence-corrected chi connectivity index (χ0v) is 11.8.